The number of nitro groups is 1. The molecule has 0 aliphatic carbocycles. The summed E-state index contributed by atoms with van der Waals surface area (Å²) in [5, 5.41) is 10.9. The van der Waals surface area contributed by atoms with E-state index in [0.29, 0.717) is 18.4 Å². The molecule has 0 spiro atoms. The minimum atomic E-state index is -3.93. The quantitative estimate of drug-likeness (QED) is 0.496. The molecule has 0 amide bonds. The van der Waals surface area contributed by atoms with Crippen molar-refractivity contribution in [2.45, 2.75) is 29.6 Å². The molecule has 2 aromatic rings. The number of aromatic nitrogens is 1. The van der Waals surface area contributed by atoms with Crippen LogP contribution in [0.5, 0.6) is 0 Å². The molecule has 0 bridgehead atoms. The third kappa shape index (κ3) is 4.83. The summed E-state index contributed by atoms with van der Waals surface area (Å²) in [5.74, 6) is -0.0425. The van der Waals surface area contributed by atoms with Crippen molar-refractivity contribution in [1.82, 2.24) is 14.0 Å². The van der Waals surface area contributed by atoms with Crippen LogP contribution in [0.1, 0.15) is 18.4 Å². The molecule has 2 heterocycles. The number of nitrogens with zero attached hydrogens (tertiary/aromatic N) is 3. The Morgan fingerprint density at radius 3 is 2.50 bits per heavy atom. The highest BCUT2D eigenvalue weighted by Crippen LogP contribution is 2.25. The molecule has 10 nitrogen and oxygen atoms in total. The molecule has 0 radical (unpaired) electrons. The Morgan fingerprint density at radius 1 is 1.20 bits per heavy atom. The second-order valence-electron chi connectivity index (χ2n) is 7.09. The summed E-state index contributed by atoms with van der Waals surface area (Å²) in [4.78, 5) is 14.1. The number of piperidine rings is 1. The van der Waals surface area contributed by atoms with Crippen LogP contribution in [0.25, 0.3) is 0 Å². The molecule has 3 rings (SSSR count). The van der Waals surface area contributed by atoms with Crippen LogP contribution in [0.2, 0.25) is 0 Å². The van der Waals surface area contributed by atoms with Gasteiger partial charge in [-0.05, 0) is 43.4 Å². The maximum absolute atomic E-state index is 12.6. The summed E-state index contributed by atoms with van der Waals surface area (Å²) < 4.78 is 54.4. The third-order valence-corrected chi connectivity index (χ3v) is 8.53. The maximum atomic E-state index is 12.6. The topological polar surface area (TPSA) is 140 Å². The first-order chi connectivity index (χ1) is 14.1. The van der Waals surface area contributed by atoms with Crippen molar-refractivity contribution >= 4 is 25.7 Å². The van der Waals surface area contributed by atoms with Gasteiger partial charge in [-0.25, -0.2) is 21.6 Å². The van der Waals surface area contributed by atoms with Crippen LogP contribution in [0, 0.1) is 23.0 Å². The van der Waals surface area contributed by atoms with Crippen molar-refractivity contribution in [3.8, 4) is 0 Å². The van der Waals surface area contributed by atoms with Gasteiger partial charge in [0.2, 0.25) is 20.0 Å². The maximum Gasteiger partial charge on any atom is 0.270 e. The van der Waals surface area contributed by atoms with E-state index in [2.05, 4.69) is 9.71 Å². The Labute approximate surface area is 175 Å². The van der Waals surface area contributed by atoms with Crippen LogP contribution in [-0.4, -0.2) is 50.7 Å². The van der Waals surface area contributed by atoms with E-state index in [1.165, 1.54) is 34.9 Å². The summed E-state index contributed by atoms with van der Waals surface area (Å²) in [5.41, 5.74) is 0.111. The molecule has 1 saturated heterocycles. The first-order valence-electron chi connectivity index (χ1n) is 9.26. The SMILES string of the molecule is Cc1ccc([N+](=O)[O-])cc1S(=O)(=O)NCC1CCN(S(=O)(=O)c2cccnc2)CC1. The molecule has 1 aliphatic rings. The lowest BCUT2D eigenvalue weighted by Crippen LogP contribution is -2.41. The van der Waals surface area contributed by atoms with Gasteiger partial charge in [-0.3, -0.25) is 15.1 Å². The highest BCUT2D eigenvalue weighted by molar-refractivity contribution is 7.89. The largest absolute Gasteiger partial charge is 0.270 e. The van der Waals surface area contributed by atoms with Crippen LogP contribution in [0.15, 0.2) is 52.5 Å². The monoisotopic (exact) mass is 454 g/mol. The number of pyridine rings is 1. The predicted molar refractivity (Wildman–Crippen MR) is 109 cm³/mol. The van der Waals surface area contributed by atoms with E-state index in [4.69, 9.17) is 0 Å². The molecule has 0 unspecified atom stereocenters. The smallest absolute Gasteiger partial charge is 0.263 e. The number of sulfonamides is 2. The van der Waals surface area contributed by atoms with Crippen LogP contribution >= 0.6 is 0 Å². The zero-order valence-electron chi connectivity index (χ0n) is 16.3. The van der Waals surface area contributed by atoms with Gasteiger partial charge in [-0.2, -0.15) is 4.31 Å². The molecular formula is C18H22N4O6S2. The average molecular weight is 455 g/mol. The molecule has 0 saturated carbocycles. The molecular weight excluding hydrogens is 432 g/mol. The van der Waals surface area contributed by atoms with Crippen molar-refractivity contribution in [2.75, 3.05) is 19.6 Å². The predicted octanol–water partition coefficient (Wildman–Crippen LogP) is 1.68. The fraction of sp³-hybridized carbons (Fsp3) is 0.389. The summed E-state index contributed by atoms with van der Waals surface area (Å²) in [6, 6.07) is 6.75. The van der Waals surface area contributed by atoms with Gasteiger partial charge in [-0.1, -0.05) is 6.07 Å². The van der Waals surface area contributed by atoms with Gasteiger partial charge in [0.25, 0.3) is 5.69 Å². The summed E-state index contributed by atoms with van der Waals surface area (Å²) in [6.45, 7) is 2.25. The van der Waals surface area contributed by atoms with Crippen molar-refractivity contribution in [3.63, 3.8) is 0 Å². The van der Waals surface area contributed by atoms with Crippen LogP contribution in [0.4, 0.5) is 5.69 Å². The van der Waals surface area contributed by atoms with E-state index >= 15 is 0 Å². The molecule has 12 heteroatoms. The molecule has 0 atom stereocenters. The molecule has 30 heavy (non-hydrogen) atoms. The van der Waals surface area contributed by atoms with Gasteiger partial charge >= 0.3 is 0 Å². The number of hydrogen-bond acceptors (Lipinski definition) is 7. The summed E-state index contributed by atoms with van der Waals surface area (Å²) >= 11 is 0. The van der Waals surface area contributed by atoms with E-state index in [9.17, 15) is 26.9 Å². The minimum absolute atomic E-state index is 0.0425. The molecule has 1 aromatic carbocycles. The first kappa shape index (κ1) is 22.3. The Hall–Kier alpha value is -2.41. The fourth-order valence-corrected chi connectivity index (χ4v) is 6.11. The number of nitro benzene ring substituents is 1. The lowest BCUT2D eigenvalue weighted by atomic mass is 9.99. The minimum Gasteiger partial charge on any atom is -0.263 e. The summed E-state index contributed by atoms with van der Waals surface area (Å²) in [7, 11) is -7.55. The Kier molecular flexibility index (Phi) is 6.50. The van der Waals surface area contributed by atoms with Crippen LogP contribution < -0.4 is 4.72 Å². The van der Waals surface area contributed by atoms with E-state index in [-0.39, 0.29) is 41.0 Å². The van der Waals surface area contributed by atoms with Crippen LogP contribution in [0.3, 0.4) is 0 Å². The van der Waals surface area contributed by atoms with E-state index < -0.39 is 25.0 Å². The number of non-ortho nitro benzene ring substituents is 1. The lowest BCUT2D eigenvalue weighted by molar-refractivity contribution is -0.385. The zero-order valence-corrected chi connectivity index (χ0v) is 17.9. The molecule has 1 aromatic heterocycles. The summed E-state index contributed by atoms with van der Waals surface area (Å²) in [6.07, 6.45) is 3.79. The first-order valence-corrected chi connectivity index (χ1v) is 12.2. The van der Waals surface area contributed by atoms with Crippen molar-refractivity contribution < 1.29 is 21.8 Å². The lowest BCUT2D eigenvalue weighted by Gasteiger charge is -2.31. The molecule has 1 N–H and O–H groups in total. The highest BCUT2D eigenvalue weighted by Gasteiger charge is 2.30. The normalized spacial score (nSPS) is 16.4. The number of aryl methyl sites for hydroxylation is 1. The van der Waals surface area contributed by atoms with Gasteiger partial charge in [0.15, 0.2) is 0 Å². The van der Waals surface area contributed by atoms with Crippen molar-refractivity contribution in [1.29, 1.82) is 0 Å². The molecule has 1 fully saturated rings. The Morgan fingerprint density at radius 2 is 1.90 bits per heavy atom. The van der Waals surface area contributed by atoms with Crippen molar-refractivity contribution in [3.05, 3.63) is 58.4 Å². The highest BCUT2D eigenvalue weighted by atomic mass is 32.2. The third-order valence-electron chi connectivity index (χ3n) is 5.08. The second-order valence-corrected chi connectivity index (χ2v) is 10.8. The zero-order chi connectivity index (χ0) is 21.9. The Balaban J connectivity index is 1.62. The number of benzene rings is 1. The average Bonchev–Trinajstić information content (AvgIpc) is 2.73. The van der Waals surface area contributed by atoms with Crippen molar-refractivity contribution in [2.24, 2.45) is 5.92 Å². The van der Waals surface area contributed by atoms with E-state index in [1.54, 1.807) is 13.0 Å². The Bertz CT molecular complexity index is 1130. The molecule has 162 valence electrons. The molecule has 1 aliphatic heterocycles. The van der Waals surface area contributed by atoms with E-state index in [1.807, 2.05) is 0 Å². The van der Waals surface area contributed by atoms with Gasteiger partial charge in [0, 0.05) is 44.2 Å². The number of hydrogen-bond donors (Lipinski definition) is 1. The second kappa shape index (κ2) is 8.76. The van der Waals surface area contributed by atoms with Crippen LogP contribution in [-0.2, 0) is 20.0 Å². The standard InChI is InChI=1S/C18H22N4O6S2/c1-14-4-5-16(22(23)24)11-18(14)29(25,26)20-12-15-6-9-21(10-7-15)30(27,28)17-3-2-8-19-13-17/h2-5,8,11,13,15,20H,6-7,9-10,12H2,1H3. The number of rotatable bonds is 7. The number of nitrogens with one attached hydrogen (secondary N) is 1. The van der Waals surface area contributed by atoms with E-state index in [0.717, 1.165) is 6.07 Å². The van der Waals surface area contributed by atoms with Gasteiger partial charge in [0.1, 0.15) is 4.90 Å². The fourth-order valence-electron chi connectivity index (χ4n) is 3.30. The van der Waals surface area contributed by atoms with Gasteiger partial charge < -0.3 is 0 Å². The van der Waals surface area contributed by atoms with Gasteiger partial charge in [0.05, 0.1) is 9.82 Å². The van der Waals surface area contributed by atoms with Gasteiger partial charge in [-0.15, -0.1) is 0 Å².